The molecule has 2 unspecified atom stereocenters. The smallest absolute Gasteiger partial charge is 0.242 e. The summed E-state index contributed by atoms with van der Waals surface area (Å²) in [4.78, 5) is 27.1. The standard InChI is InChI=1S/C25H39N3O2/c1-19-7-6-14-28(17-19)18-23-12-10-22(11-13-23)16-26-25(30)20(2)27-24(29)15-21-8-4-3-5-9-21/h10-13,19-21H,3-9,14-18H2,1-2H3,(H,26,30)(H,27,29). The Balaban J connectivity index is 1.37. The molecule has 2 atom stereocenters. The van der Waals surface area contributed by atoms with Gasteiger partial charge >= 0.3 is 0 Å². The van der Waals surface area contributed by atoms with Crippen LogP contribution < -0.4 is 10.6 Å². The lowest BCUT2D eigenvalue weighted by Crippen LogP contribution is -2.45. The van der Waals surface area contributed by atoms with E-state index in [9.17, 15) is 9.59 Å². The van der Waals surface area contributed by atoms with E-state index in [0.29, 0.717) is 18.9 Å². The number of hydrogen-bond acceptors (Lipinski definition) is 3. The van der Waals surface area contributed by atoms with Crippen molar-refractivity contribution in [3.63, 3.8) is 0 Å². The van der Waals surface area contributed by atoms with Gasteiger partial charge < -0.3 is 10.6 Å². The molecule has 1 aromatic carbocycles. The van der Waals surface area contributed by atoms with Crippen molar-refractivity contribution in [2.75, 3.05) is 13.1 Å². The quantitative estimate of drug-likeness (QED) is 0.677. The second kappa shape index (κ2) is 11.5. The van der Waals surface area contributed by atoms with Gasteiger partial charge in [-0.05, 0) is 62.1 Å². The van der Waals surface area contributed by atoms with Crippen LogP contribution in [0.3, 0.4) is 0 Å². The summed E-state index contributed by atoms with van der Waals surface area (Å²) in [6, 6.07) is 8.01. The van der Waals surface area contributed by atoms with Gasteiger partial charge in [-0.25, -0.2) is 0 Å². The van der Waals surface area contributed by atoms with Gasteiger partial charge in [-0.2, -0.15) is 0 Å². The minimum absolute atomic E-state index is 0.000865. The first kappa shape index (κ1) is 22.8. The average molecular weight is 414 g/mol. The molecule has 5 nitrogen and oxygen atoms in total. The topological polar surface area (TPSA) is 61.4 Å². The van der Waals surface area contributed by atoms with Crippen molar-refractivity contribution in [2.45, 2.75) is 84.3 Å². The SMILES string of the molecule is CC1CCCN(Cc2ccc(CNC(=O)C(C)NC(=O)CC3CCCCC3)cc2)C1. The highest BCUT2D eigenvalue weighted by Gasteiger charge is 2.20. The van der Waals surface area contributed by atoms with Gasteiger partial charge in [-0.1, -0.05) is 50.5 Å². The molecule has 2 N–H and O–H groups in total. The predicted octanol–water partition coefficient (Wildman–Crippen LogP) is 4.01. The number of amides is 2. The zero-order valence-electron chi connectivity index (χ0n) is 18.8. The van der Waals surface area contributed by atoms with Crippen molar-refractivity contribution in [1.29, 1.82) is 0 Å². The number of carbonyl (C=O) groups is 2. The third kappa shape index (κ3) is 7.42. The first-order chi connectivity index (χ1) is 14.5. The molecular weight excluding hydrogens is 374 g/mol. The Morgan fingerprint density at radius 1 is 1.03 bits per heavy atom. The maximum absolute atomic E-state index is 12.4. The molecule has 1 saturated heterocycles. The molecule has 2 fully saturated rings. The van der Waals surface area contributed by atoms with E-state index in [1.807, 2.05) is 0 Å². The number of benzene rings is 1. The summed E-state index contributed by atoms with van der Waals surface area (Å²) in [7, 11) is 0. The van der Waals surface area contributed by atoms with E-state index >= 15 is 0 Å². The molecule has 1 saturated carbocycles. The molecule has 2 amide bonds. The second-order valence-electron chi connectivity index (χ2n) is 9.51. The maximum Gasteiger partial charge on any atom is 0.242 e. The number of nitrogens with one attached hydrogen (secondary N) is 2. The lowest BCUT2D eigenvalue weighted by molar-refractivity contribution is -0.129. The third-order valence-corrected chi connectivity index (χ3v) is 6.61. The van der Waals surface area contributed by atoms with E-state index in [1.54, 1.807) is 6.92 Å². The molecule has 1 aliphatic heterocycles. The fraction of sp³-hybridized carbons (Fsp3) is 0.680. The Labute approximate surface area is 182 Å². The summed E-state index contributed by atoms with van der Waals surface area (Å²) in [5.41, 5.74) is 2.40. The number of likely N-dealkylation sites (tertiary alicyclic amines) is 1. The Bertz CT molecular complexity index is 682. The Kier molecular flexibility index (Phi) is 8.74. The minimum Gasteiger partial charge on any atom is -0.350 e. The fourth-order valence-corrected chi connectivity index (χ4v) is 4.81. The van der Waals surface area contributed by atoms with Gasteiger partial charge in [0.1, 0.15) is 6.04 Å². The monoisotopic (exact) mass is 413 g/mol. The van der Waals surface area contributed by atoms with Crippen LogP contribution in [-0.4, -0.2) is 35.8 Å². The normalized spacial score (nSPS) is 21.7. The number of piperidine rings is 1. The maximum atomic E-state index is 12.4. The molecule has 5 heteroatoms. The number of carbonyl (C=O) groups excluding carboxylic acids is 2. The summed E-state index contributed by atoms with van der Waals surface area (Å²) in [6.45, 7) is 7.95. The molecule has 1 aliphatic carbocycles. The van der Waals surface area contributed by atoms with Crippen LogP contribution in [-0.2, 0) is 22.7 Å². The van der Waals surface area contributed by atoms with E-state index in [0.717, 1.165) is 30.9 Å². The highest BCUT2D eigenvalue weighted by Crippen LogP contribution is 2.26. The van der Waals surface area contributed by atoms with Crippen molar-refractivity contribution >= 4 is 11.8 Å². The molecule has 0 bridgehead atoms. The Morgan fingerprint density at radius 3 is 2.43 bits per heavy atom. The van der Waals surface area contributed by atoms with Gasteiger partial charge in [0.2, 0.25) is 11.8 Å². The first-order valence-electron chi connectivity index (χ1n) is 11.9. The van der Waals surface area contributed by atoms with Crippen LogP contribution in [0.15, 0.2) is 24.3 Å². The predicted molar refractivity (Wildman–Crippen MR) is 121 cm³/mol. The van der Waals surface area contributed by atoms with Crippen LogP contribution in [0.25, 0.3) is 0 Å². The van der Waals surface area contributed by atoms with Gasteiger partial charge in [0.05, 0.1) is 0 Å². The average Bonchev–Trinajstić information content (AvgIpc) is 2.73. The molecule has 2 aliphatic rings. The van der Waals surface area contributed by atoms with Gasteiger partial charge in [-0.3, -0.25) is 14.5 Å². The van der Waals surface area contributed by atoms with Crippen LogP contribution in [0.2, 0.25) is 0 Å². The van der Waals surface area contributed by atoms with E-state index in [4.69, 9.17) is 0 Å². The van der Waals surface area contributed by atoms with Crippen LogP contribution in [0.5, 0.6) is 0 Å². The van der Waals surface area contributed by atoms with Crippen molar-refractivity contribution in [3.05, 3.63) is 35.4 Å². The molecular formula is C25H39N3O2. The number of hydrogen-bond donors (Lipinski definition) is 2. The van der Waals surface area contributed by atoms with Crippen molar-refractivity contribution in [3.8, 4) is 0 Å². The zero-order chi connectivity index (χ0) is 21.3. The minimum atomic E-state index is -0.499. The third-order valence-electron chi connectivity index (χ3n) is 6.61. The van der Waals surface area contributed by atoms with Crippen LogP contribution in [0.1, 0.15) is 76.3 Å². The van der Waals surface area contributed by atoms with Crippen LogP contribution in [0, 0.1) is 11.8 Å². The number of nitrogens with zero attached hydrogens (tertiary/aromatic N) is 1. The lowest BCUT2D eigenvalue weighted by Gasteiger charge is -2.30. The fourth-order valence-electron chi connectivity index (χ4n) is 4.81. The summed E-state index contributed by atoms with van der Waals surface area (Å²) < 4.78 is 0. The van der Waals surface area contributed by atoms with Gasteiger partial charge in [0, 0.05) is 26.1 Å². The molecule has 1 aromatic rings. The largest absolute Gasteiger partial charge is 0.350 e. The van der Waals surface area contributed by atoms with Gasteiger partial charge in [0.15, 0.2) is 0 Å². The van der Waals surface area contributed by atoms with Gasteiger partial charge in [0.25, 0.3) is 0 Å². The molecule has 30 heavy (non-hydrogen) atoms. The van der Waals surface area contributed by atoms with Crippen LogP contribution >= 0.6 is 0 Å². The van der Waals surface area contributed by atoms with Crippen molar-refractivity contribution in [2.24, 2.45) is 11.8 Å². The molecule has 0 aromatic heterocycles. The highest BCUT2D eigenvalue weighted by molar-refractivity contribution is 5.87. The molecule has 166 valence electrons. The zero-order valence-corrected chi connectivity index (χ0v) is 18.8. The van der Waals surface area contributed by atoms with Crippen molar-refractivity contribution < 1.29 is 9.59 Å². The van der Waals surface area contributed by atoms with E-state index < -0.39 is 6.04 Å². The Hall–Kier alpha value is -1.88. The molecule has 0 radical (unpaired) electrons. The molecule has 3 rings (SSSR count). The molecule has 1 heterocycles. The highest BCUT2D eigenvalue weighted by atomic mass is 16.2. The Morgan fingerprint density at radius 2 is 1.73 bits per heavy atom. The summed E-state index contributed by atoms with van der Waals surface area (Å²) in [6.07, 6.45) is 9.20. The molecule has 0 spiro atoms. The first-order valence-corrected chi connectivity index (χ1v) is 11.9. The van der Waals surface area contributed by atoms with E-state index in [1.165, 1.54) is 50.8 Å². The van der Waals surface area contributed by atoms with Crippen LogP contribution in [0.4, 0.5) is 0 Å². The van der Waals surface area contributed by atoms with Crippen molar-refractivity contribution in [1.82, 2.24) is 15.5 Å². The summed E-state index contributed by atoms with van der Waals surface area (Å²) >= 11 is 0. The lowest BCUT2D eigenvalue weighted by atomic mass is 9.87. The van der Waals surface area contributed by atoms with E-state index in [-0.39, 0.29) is 11.8 Å². The summed E-state index contributed by atoms with van der Waals surface area (Å²) in [5, 5.41) is 5.82. The van der Waals surface area contributed by atoms with E-state index in [2.05, 4.69) is 46.7 Å². The summed E-state index contributed by atoms with van der Waals surface area (Å²) in [5.74, 6) is 1.15. The second-order valence-corrected chi connectivity index (χ2v) is 9.51. The van der Waals surface area contributed by atoms with Gasteiger partial charge in [-0.15, -0.1) is 0 Å². The number of rotatable bonds is 8.